The number of likely N-dealkylation sites (N-methyl/N-ethyl adjacent to an activating group) is 1. The van der Waals surface area contributed by atoms with Crippen molar-refractivity contribution in [3.8, 4) is 0 Å². The van der Waals surface area contributed by atoms with Gasteiger partial charge in [0.2, 0.25) is 0 Å². The molecule has 0 spiro atoms. The Labute approximate surface area is 155 Å². The molecule has 146 valence electrons. The minimum atomic E-state index is -4.79. The van der Waals surface area contributed by atoms with Crippen LogP contribution in [0.15, 0.2) is 24.3 Å². The first kappa shape index (κ1) is 21.0. The Balaban J connectivity index is 2.07. The number of hydrogen-bond donors (Lipinski definition) is 1. The number of alkyl halides is 3. The average Bonchev–Trinajstić information content (AvgIpc) is 2.58. The van der Waals surface area contributed by atoms with Crippen molar-refractivity contribution in [2.75, 3.05) is 39.8 Å². The molecule has 1 aliphatic rings. The third kappa shape index (κ3) is 6.12. The van der Waals surface area contributed by atoms with Gasteiger partial charge in [0, 0.05) is 24.7 Å². The van der Waals surface area contributed by atoms with Gasteiger partial charge in [-0.1, -0.05) is 23.7 Å². The van der Waals surface area contributed by atoms with E-state index in [1.165, 1.54) is 0 Å². The van der Waals surface area contributed by atoms with Gasteiger partial charge >= 0.3 is 6.18 Å². The lowest BCUT2D eigenvalue weighted by Gasteiger charge is -2.34. The summed E-state index contributed by atoms with van der Waals surface area (Å²) >= 11 is 5.82. The van der Waals surface area contributed by atoms with E-state index in [2.05, 4.69) is 0 Å². The second-order valence-electron chi connectivity index (χ2n) is 6.34. The monoisotopic (exact) mass is 394 g/mol. The van der Waals surface area contributed by atoms with Crippen LogP contribution < -0.4 is 0 Å². The number of nitrogens with zero attached hydrogens (tertiary/aromatic N) is 2. The second kappa shape index (κ2) is 9.03. The summed E-state index contributed by atoms with van der Waals surface area (Å²) in [5.41, 5.74) is 0.829. The largest absolute Gasteiger partial charge is 0.416 e. The molecule has 1 aromatic carbocycles. The topological polar surface area (TPSA) is 53.0 Å². The van der Waals surface area contributed by atoms with Crippen LogP contribution in [-0.2, 0) is 16.0 Å². The number of amides is 1. The molecule has 9 heteroatoms. The van der Waals surface area contributed by atoms with Crippen molar-refractivity contribution in [3.05, 3.63) is 34.9 Å². The van der Waals surface area contributed by atoms with Gasteiger partial charge in [-0.3, -0.25) is 4.79 Å². The summed E-state index contributed by atoms with van der Waals surface area (Å²) in [6, 6.07) is 6.84. The summed E-state index contributed by atoms with van der Waals surface area (Å²) in [6.45, 7) is 0.508. The lowest BCUT2D eigenvalue weighted by molar-refractivity contribution is -0.209. The van der Waals surface area contributed by atoms with Crippen LogP contribution in [0.1, 0.15) is 5.56 Å². The number of aliphatic hydroxyl groups excluding tert-OH is 1. The van der Waals surface area contributed by atoms with Crippen molar-refractivity contribution in [1.82, 2.24) is 9.80 Å². The van der Waals surface area contributed by atoms with Crippen molar-refractivity contribution in [2.24, 2.45) is 0 Å². The Morgan fingerprint density at radius 2 is 2.08 bits per heavy atom. The van der Waals surface area contributed by atoms with Crippen LogP contribution >= 0.6 is 11.6 Å². The fourth-order valence-corrected chi connectivity index (χ4v) is 2.78. The minimum Gasteiger partial charge on any atom is -0.382 e. The Bertz CT molecular complexity index is 598. The maximum absolute atomic E-state index is 12.7. The molecule has 0 saturated carbocycles. The number of halogens is 4. The summed E-state index contributed by atoms with van der Waals surface area (Å²) in [4.78, 5) is 15.6. The van der Waals surface area contributed by atoms with E-state index in [0.29, 0.717) is 31.1 Å². The molecule has 0 bridgehead atoms. The smallest absolute Gasteiger partial charge is 0.382 e. The fourth-order valence-electron chi connectivity index (χ4n) is 2.65. The molecule has 0 aromatic heterocycles. The van der Waals surface area contributed by atoms with Gasteiger partial charge in [0.25, 0.3) is 5.91 Å². The van der Waals surface area contributed by atoms with Gasteiger partial charge in [-0.15, -0.1) is 0 Å². The van der Waals surface area contributed by atoms with Gasteiger partial charge in [-0.05, 0) is 31.2 Å². The average molecular weight is 395 g/mol. The summed E-state index contributed by atoms with van der Waals surface area (Å²) in [5, 5.41) is 9.95. The molecule has 0 radical (unpaired) electrons. The molecule has 26 heavy (non-hydrogen) atoms. The Hall–Kier alpha value is -1.35. The highest BCUT2D eigenvalue weighted by atomic mass is 35.5. The maximum atomic E-state index is 12.7. The van der Waals surface area contributed by atoms with E-state index >= 15 is 0 Å². The number of rotatable bonds is 6. The van der Waals surface area contributed by atoms with E-state index in [1.807, 2.05) is 11.9 Å². The van der Waals surface area contributed by atoms with Crippen LogP contribution in [0.3, 0.4) is 0 Å². The summed E-state index contributed by atoms with van der Waals surface area (Å²) in [7, 11) is 1.81. The third-order valence-corrected chi connectivity index (χ3v) is 4.46. The van der Waals surface area contributed by atoms with Crippen LogP contribution in [0.25, 0.3) is 0 Å². The van der Waals surface area contributed by atoms with Crippen molar-refractivity contribution in [3.63, 3.8) is 0 Å². The van der Waals surface area contributed by atoms with E-state index in [1.54, 1.807) is 24.3 Å². The molecule has 1 amide bonds. The Morgan fingerprint density at radius 3 is 2.65 bits per heavy atom. The number of carbonyl (C=O) groups is 1. The molecule has 1 fully saturated rings. The van der Waals surface area contributed by atoms with Gasteiger partial charge in [0.1, 0.15) is 6.10 Å². The third-order valence-electron chi connectivity index (χ3n) is 4.21. The maximum Gasteiger partial charge on any atom is 0.416 e. The van der Waals surface area contributed by atoms with Crippen molar-refractivity contribution >= 4 is 17.5 Å². The molecule has 1 heterocycles. The molecule has 1 N–H and O–H groups in total. The highest BCUT2D eigenvalue weighted by Crippen LogP contribution is 2.22. The van der Waals surface area contributed by atoms with Crippen molar-refractivity contribution in [1.29, 1.82) is 0 Å². The first-order chi connectivity index (χ1) is 12.2. The molecular formula is C17H22ClF3N2O3. The highest BCUT2D eigenvalue weighted by Gasteiger charge is 2.41. The lowest BCUT2D eigenvalue weighted by Crippen LogP contribution is -2.53. The molecule has 2 rings (SSSR count). The zero-order valence-corrected chi connectivity index (χ0v) is 15.1. The second-order valence-corrected chi connectivity index (χ2v) is 6.78. The predicted octanol–water partition coefficient (Wildman–Crippen LogP) is 1.96. The number of ether oxygens (including phenoxy) is 1. The number of morpholine rings is 1. The zero-order valence-electron chi connectivity index (χ0n) is 14.4. The van der Waals surface area contributed by atoms with Crippen LogP contribution in [0.2, 0.25) is 5.02 Å². The molecule has 0 aliphatic carbocycles. The zero-order chi connectivity index (χ0) is 19.3. The predicted molar refractivity (Wildman–Crippen MR) is 91.0 cm³/mol. The molecule has 1 aromatic rings. The van der Waals surface area contributed by atoms with E-state index in [9.17, 15) is 23.1 Å². The molecular weight excluding hydrogens is 373 g/mol. The van der Waals surface area contributed by atoms with Crippen molar-refractivity contribution in [2.45, 2.75) is 24.8 Å². The lowest BCUT2D eigenvalue weighted by atomic mass is 10.1. The van der Waals surface area contributed by atoms with Gasteiger partial charge in [0.05, 0.1) is 13.2 Å². The van der Waals surface area contributed by atoms with Crippen LogP contribution in [0.4, 0.5) is 13.2 Å². The Kier molecular flexibility index (Phi) is 7.28. The molecule has 2 atom stereocenters. The number of aliphatic hydroxyl groups is 1. The van der Waals surface area contributed by atoms with Crippen LogP contribution in [0.5, 0.6) is 0 Å². The standard InChI is InChI=1S/C17H22ClF3N2O3/c1-22-8-9-26-14(10-22)16(25)23(11-15(24)17(19,20)21)7-6-12-2-4-13(18)5-3-12/h2-5,14-15,24H,6-11H2,1H3/t14-,15-/m0/s1. The molecule has 1 aliphatic heterocycles. The van der Waals surface area contributed by atoms with Crippen LogP contribution in [-0.4, -0.2) is 79.0 Å². The van der Waals surface area contributed by atoms with E-state index in [4.69, 9.17) is 16.3 Å². The number of carbonyl (C=O) groups excluding carboxylic acids is 1. The molecule has 0 unspecified atom stereocenters. The highest BCUT2D eigenvalue weighted by molar-refractivity contribution is 6.30. The first-order valence-corrected chi connectivity index (χ1v) is 8.63. The minimum absolute atomic E-state index is 0.0389. The Morgan fingerprint density at radius 1 is 1.42 bits per heavy atom. The van der Waals surface area contributed by atoms with Gasteiger partial charge in [-0.2, -0.15) is 13.2 Å². The summed E-state index contributed by atoms with van der Waals surface area (Å²) < 4.78 is 43.6. The van der Waals surface area contributed by atoms with E-state index in [0.717, 1.165) is 10.5 Å². The van der Waals surface area contributed by atoms with Crippen LogP contribution in [0, 0.1) is 0 Å². The molecule has 1 saturated heterocycles. The van der Waals surface area contributed by atoms with Crippen molar-refractivity contribution < 1.29 is 27.8 Å². The quantitative estimate of drug-likeness (QED) is 0.801. The number of hydrogen-bond acceptors (Lipinski definition) is 4. The summed E-state index contributed by atoms with van der Waals surface area (Å²) in [5.74, 6) is -0.547. The van der Waals surface area contributed by atoms with Gasteiger partial charge < -0.3 is 19.6 Å². The SMILES string of the molecule is CN1CCO[C@H](C(=O)N(CCc2ccc(Cl)cc2)C[C@H](O)C(F)(F)F)C1. The van der Waals surface area contributed by atoms with Gasteiger partial charge in [0.15, 0.2) is 6.10 Å². The fraction of sp³-hybridized carbons (Fsp3) is 0.588. The first-order valence-electron chi connectivity index (χ1n) is 8.25. The summed E-state index contributed by atoms with van der Waals surface area (Å²) in [6.07, 6.45) is -7.88. The number of benzene rings is 1. The van der Waals surface area contributed by atoms with Gasteiger partial charge in [-0.25, -0.2) is 0 Å². The normalized spacial score (nSPS) is 20.0. The molecule has 5 nitrogen and oxygen atoms in total. The van der Waals surface area contributed by atoms with E-state index < -0.39 is 30.8 Å². The van der Waals surface area contributed by atoms with E-state index in [-0.39, 0.29) is 6.54 Å².